The first-order chi connectivity index (χ1) is 9.95. The number of aromatic hydroxyl groups is 1. The zero-order chi connectivity index (χ0) is 15.5. The van der Waals surface area contributed by atoms with Crippen molar-refractivity contribution in [1.29, 1.82) is 0 Å². The fourth-order valence-corrected chi connectivity index (χ4v) is 2.92. The first kappa shape index (κ1) is 15.6. The van der Waals surface area contributed by atoms with Crippen molar-refractivity contribution in [2.24, 2.45) is 11.3 Å². The first-order valence-corrected chi connectivity index (χ1v) is 7.39. The topological polar surface area (TPSA) is 40.5 Å². The molecular formula is C19H24O2. The summed E-state index contributed by atoms with van der Waals surface area (Å²) in [7, 11) is 0. The molecule has 21 heavy (non-hydrogen) atoms. The largest absolute Gasteiger partial charge is 0.508 e. The Balaban J connectivity index is 2.58. The molecular weight excluding hydrogens is 260 g/mol. The number of rotatable bonds is 4. The molecule has 0 amide bonds. The van der Waals surface area contributed by atoms with Gasteiger partial charge >= 0.3 is 0 Å². The second-order valence-electron chi connectivity index (χ2n) is 6.60. The summed E-state index contributed by atoms with van der Waals surface area (Å²) < 4.78 is 0. The van der Waals surface area contributed by atoms with E-state index in [2.05, 4.69) is 32.9 Å². The maximum absolute atomic E-state index is 10.3. The van der Waals surface area contributed by atoms with Crippen molar-refractivity contribution >= 4 is 0 Å². The highest BCUT2D eigenvalue weighted by Gasteiger charge is 2.34. The number of phenols is 1. The molecule has 2 heteroatoms. The average Bonchev–Trinajstić information content (AvgIpc) is 2.45. The Kier molecular flexibility index (Phi) is 4.69. The number of aliphatic hydroxyl groups excluding tert-OH is 1. The molecule has 2 nitrogen and oxygen atoms in total. The minimum Gasteiger partial charge on any atom is -0.508 e. The average molecular weight is 284 g/mol. The highest BCUT2D eigenvalue weighted by atomic mass is 16.3. The van der Waals surface area contributed by atoms with E-state index >= 15 is 0 Å². The first-order valence-electron chi connectivity index (χ1n) is 7.39. The highest BCUT2D eigenvalue weighted by molar-refractivity contribution is 5.42. The van der Waals surface area contributed by atoms with E-state index in [4.69, 9.17) is 0 Å². The van der Waals surface area contributed by atoms with E-state index in [-0.39, 0.29) is 29.6 Å². The van der Waals surface area contributed by atoms with Crippen molar-refractivity contribution in [2.45, 2.75) is 26.7 Å². The van der Waals surface area contributed by atoms with Crippen LogP contribution in [0, 0.1) is 11.3 Å². The number of hydrogen-bond acceptors (Lipinski definition) is 2. The maximum atomic E-state index is 10.3. The third-order valence-corrected chi connectivity index (χ3v) is 4.14. The summed E-state index contributed by atoms with van der Waals surface area (Å²) in [5, 5.41) is 20.2. The molecule has 0 saturated carbocycles. The van der Waals surface area contributed by atoms with Crippen LogP contribution in [0.2, 0.25) is 0 Å². The van der Waals surface area contributed by atoms with Gasteiger partial charge in [0, 0.05) is 18.1 Å². The minimum absolute atomic E-state index is 0.0215. The van der Waals surface area contributed by atoms with Crippen molar-refractivity contribution in [2.75, 3.05) is 6.61 Å². The van der Waals surface area contributed by atoms with Crippen molar-refractivity contribution in [1.82, 2.24) is 0 Å². The van der Waals surface area contributed by atoms with Crippen LogP contribution in [0.1, 0.15) is 37.8 Å². The summed E-state index contributed by atoms with van der Waals surface area (Å²) in [6.07, 6.45) is 0. The quantitative estimate of drug-likeness (QED) is 0.884. The SMILES string of the molecule is CC(C)(C)[C@@H](CO)[C@H](c1ccccc1)c1ccccc1O. The molecule has 0 radical (unpaired) electrons. The molecule has 112 valence electrons. The Hall–Kier alpha value is -1.80. The van der Waals surface area contributed by atoms with Gasteiger partial charge in [0.05, 0.1) is 0 Å². The molecule has 2 aromatic rings. The van der Waals surface area contributed by atoms with Crippen LogP contribution in [-0.4, -0.2) is 16.8 Å². The molecule has 0 bridgehead atoms. The van der Waals surface area contributed by atoms with E-state index in [1.807, 2.05) is 36.4 Å². The van der Waals surface area contributed by atoms with Crippen molar-refractivity contribution < 1.29 is 10.2 Å². The zero-order valence-electron chi connectivity index (χ0n) is 13.0. The van der Waals surface area contributed by atoms with Crippen LogP contribution in [0.4, 0.5) is 0 Å². The minimum atomic E-state index is -0.0719. The van der Waals surface area contributed by atoms with Crippen LogP contribution in [-0.2, 0) is 0 Å². The molecule has 0 unspecified atom stereocenters. The molecule has 0 aliphatic carbocycles. The molecule has 2 aromatic carbocycles. The lowest BCUT2D eigenvalue weighted by Gasteiger charge is -2.37. The van der Waals surface area contributed by atoms with E-state index < -0.39 is 0 Å². The van der Waals surface area contributed by atoms with Gasteiger partial charge in [0.25, 0.3) is 0 Å². The Labute approximate surface area is 127 Å². The second-order valence-corrected chi connectivity index (χ2v) is 6.60. The van der Waals surface area contributed by atoms with Gasteiger partial charge in [0.1, 0.15) is 5.75 Å². The van der Waals surface area contributed by atoms with Gasteiger partial charge in [-0.05, 0) is 23.0 Å². The van der Waals surface area contributed by atoms with Gasteiger partial charge in [-0.3, -0.25) is 0 Å². The molecule has 2 atom stereocenters. The second kappa shape index (κ2) is 6.31. The van der Waals surface area contributed by atoms with Gasteiger partial charge in [0.2, 0.25) is 0 Å². The van der Waals surface area contributed by atoms with Gasteiger partial charge in [-0.2, -0.15) is 0 Å². The molecule has 2 rings (SSSR count). The standard InChI is InChI=1S/C19H24O2/c1-19(2,3)16(13-20)18(14-9-5-4-6-10-14)15-11-7-8-12-17(15)21/h4-12,16,18,20-21H,13H2,1-3H3/t16-,18+/m0/s1. The highest BCUT2D eigenvalue weighted by Crippen LogP contribution is 2.44. The van der Waals surface area contributed by atoms with Crippen LogP contribution < -0.4 is 0 Å². The van der Waals surface area contributed by atoms with Crippen LogP contribution in [0.15, 0.2) is 54.6 Å². The molecule has 0 aliphatic heterocycles. The summed E-state index contributed by atoms with van der Waals surface area (Å²) in [4.78, 5) is 0. The van der Waals surface area contributed by atoms with E-state index in [0.717, 1.165) is 11.1 Å². The Bertz CT molecular complexity index is 570. The van der Waals surface area contributed by atoms with Crippen molar-refractivity contribution in [3.63, 3.8) is 0 Å². The van der Waals surface area contributed by atoms with Gasteiger partial charge in [0.15, 0.2) is 0 Å². The number of phenolic OH excluding ortho intramolecular Hbond substituents is 1. The Morgan fingerprint density at radius 1 is 0.905 bits per heavy atom. The third kappa shape index (κ3) is 3.45. The van der Waals surface area contributed by atoms with Gasteiger partial charge in [-0.1, -0.05) is 69.3 Å². The van der Waals surface area contributed by atoms with E-state index in [1.165, 1.54) is 0 Å². The number of aliphatic hydroxyl groups is 1. The zero-order valence-corrected chi connectivity index (χ0v) is 13.0. The number of para-hydroxylation sites is 1. The van der Waals surface area contributed by atoms with Gasteiger partial charge in [-0.15, -0.1) is 0 Å². The number of hydrogen-bond donors (Lipinski definition) is 2. The summed E-state index contributed by atoms with van der Waals surface area (Å²) in [5.74, 6) is 0.277. The van der Waals surface area contributed by atoms with Crippen molar-refractivity contribution in [3.05, 3.63) is 65.7 Å². The normalized spacial score (nSPS) is 14.7. The van der Waals surface area contributed by atoms with E-state index in [0.29, 0.717) is 0 Å². The lowest BCUT2D eigenvalue weighted by Crippen LogP contribution is -2.30. The molecule has 0 aliphatic rings. The predicted molar refractivity (Wildman–Crippen MR) is 86.4 cm³/mol. The fourth-order valence-electron chi connectivity index (χ4n) is 2.92. The lowest BCUT2D eigenvalue weighted by atomic mass is 9.68. The summed E-state index contributed by atoms with van der Waals surface area (Å²) in [6, 6.07) is 17.5. The van der Waals surface area contributed by atoms with E-state index in [9.17, 15) is 10.2 Å². The van der Waals surface area contributed by atoms with Crippen molar-refractivity contribution in [3.8, 4) is 5.75 Å². The summed E-state index contributed by atoms with van der Waals surface area (Å²) in [5.41, 5.74) is 1.92. The fraction of sp³-hybridized carbons (Fsp3) is 0.368. The maximum Gasteiger partial charge on any atom is 0.119 e. The number of benzene rings is 2. The Morgan fingerprint density at radius 3 is 2.00 bits per heavy atom. The monoisotopic (exact) mass is 284 g/mol. The molecule has 0 aromatic heterocycles. The van der Waals surface area contributed by atoms with Crippen LogP contribution >= 0.6 is 0 Å². The summed E-state index contributed by atoms with van der Waals surface area (Å²) in [6.45, 7) is 6.47. The van der Waals surface area contributed by atoms with Gasteiger partial charge < -0.3 is 10.2 Å². The molecule has 2 N–H and O–H groups in total. The van der Waals surface area contributed by atoms with Crippen LogP contribution in [0.25, 0.3) is 0 Å². The van der Waals surface area contributed by atoms with Crippen LogP contribution in [0.3, 0.4) is 0 Å². The Morgan fingerprint density at radius 2 is 1.48 bits per heavy atom. The third-order valence-electron chi connectivity index (χ3n) is 4.14. The molecule has 0 heterocycles. The van der Waals surface area contributed by atoms with E-state index in [1.54, 1.807) is 6.07 Å². The molecule has 0 saturated heterocycles. The van der Waals surface area contributed by atoms with Crippen LogP contribution in [0.5, 0.6) is 5.75 Å². The van der Waals surface area contributed by atoms with Gasteiger partial charge in [-0.25, -0.2) is 0 Å². The lowest BCUT2D eigenvalue weighted by molar-refractivity contribution is 0.116. The predicted octanol–water partition coefficient (Wildman–Crippen LogP) is 4.18. The molecule has 0 fully saturated rings. The smallest absolute Gasteiger partial charge is 0.119 e. The molecule has 0 spiro atoms. The summed E-state index contributed by atoms with van der Waals surface area (Å²) >= 11 is 0.